The van der Waals surface area contributed by atoms with Gasteiger partial charge in [-0.25, -0.2) is 10.1 Å². The van der Waals surface area contributed by atoms with E-state index in [2.05, 4.69) is 25.5 Å². The van der Waals surface area contributed by atoms with E-state index in [0.717, 1.165) is 22.3 Å². The van der Waals surface area contributed by atoms with E-state index in [0.29, 0.717) is 17.8 Å². The highest BCUT2D eigenvalue weighted by molar-refractivity contribution is 6.03. The summed E-state index contributed by atoms with van der Waals surface area (Å²) in [5.74, 6) is 0.432. The molecule has 3 rings (SSSR count). The predicted molar refractivity (Wildman–Crippen MR) is 84.4 cm³/mol. The minimum atomic E-state index is -0.196. The van der Waals surface area contributed by atoms with Gasteiger partial charge in [-0.05, 0) is 24.6 Å². The first-order chi connectivity index (χ1) is 10.2. The number of rotatable bonds is 1. The van der Waals surface area contributed by atoms with E-state index in [1.54, 1.807) is 7.05 Å². The van der Waals surface area contributed by atoms with Crippen molar-refractivity contribution in [2.24, 2.45) is 15.7 Å². The van der Waals surface area contributed by atoms with Crippen LogP contribution in [0.2, 0.25) is 0 Å². The molecule has 1 aromatic heterocycles. The zero-order chi connectivity index (χ0) is 15.0. The smallest absolute Gasteiger partial charge is 0.272 e. The lowest BCUT2D eigenvalue weighted by atomic mass is 9.93. The summed E-state index contributed by atoms with van der Waals surface area (Å²) < 4.78 is 0. The number of anilines is 1. The van der Waals surface area contributed by atoms with Crippen molar-refractivity contribution < 1.29 is 0 Å². The third-order valence-corrected chi connectivity index (χ3v) is 3.64. The molecule has 1 atom stereocenters. The molecule has 108 valence electrons. The monoisotopic (exact) mass is 284 g/mol. The van der Waals surface area contributed by atoms with Crippen LogP contribution in [-0.2, 0) is 0 Å². The van der Waals surface area contributed by atoms with Crippen molar-refractivity contribution in [3.8, 4) is 0 Å². The Bertz CT molecular complexity index is 820. The molecule has 0 fully saturated rings. The van der Waals surface area contributed by atoms with Gasteiger partial charge in [-0.2, -0.15) is 5.10 Å². The van der Waals surface area contributed by atoms with Crippen molar-refractivity contribution in [2.45, 2.75) is 12.8 Å². The fourth-order valence-corrected chi connectivity index (χ4v) is 2.76. The first-order valence-corrected chi connectivity index (χ1v) is 6.63. The van der Waals surface area contributed by atoms with Crippen LogP contribution in [0.25, 0.3) is 10.8 Å². The summed E-state index contributed by atoms with van der Waals surface area (Å²) in [5, 5.41) is 11.6. The number of H-pyrrole nitrogens is 1. The van der Waals surface area contributed by atoms with Crippen molar-refractivity contribution in [3.63, 3.8) is 0 Å². The third kappa shape index (κ3) is 2.06. The predicted octanol–water partition coefficient (Wildman–Crippen LogP) is 0.756. The van der Waals surface area contributed by atoms with Gasteiger partial charge in [-0.1, -0.05) is 0 Å². The highest BCUT2D eigenvalue weighted by Crippen LogP contribution is 2.34. The zero-order valence-electron chi connectivity index (χ0n) is 11.8. The Labute approximate surface area is 121 Å². The lowest BCUT2D eigenvalue weighted by Crippen LogP contribution is -2.28. The molecule has 1 aliphatic rings. The van der Waals surface area contributed by atoms with Gasteiger partial charge in [0, 0.05) is 24.7 Å². The Morgan fingerprint density at radius 1 is 1.52 bits per heavy atom. The molecule has 1 aromatic carbocycles. The fourth-order valence-electron chi connectivity index (χ4n) is 2.76. The second-order valence-electron chi connectivity index (χ2n) is 4.97. The summed E-state index contributed by atoms with van der Waals surface area (Å²) >= 11 is 0. The summed E-state index contributed by atoms with van der Waals surface area (Å²) in [7, 11) is 1.66. The number of nitrogens with one attached hydrogen (secondary N) is 2. The van der Waals surface area contributed by atoms with E-state index in [9.17, 15) is 4.79 Å². The second-order valence-corrected chi connectivity index (χ2v) is 4.97. The number of hydrogen-bond acceptors (Lipinski definition) is 4. The zero-order valence-corrected chi connectivity index (χ0v) is 11.8. The minimum absolute atomic E-state index is 0.149. The lowest BCUT2D eigenvalue weighted by Gasteiger charge is -2.25. The number of hydrogen-bond donors (Lipinski definition) is 3. The maximum absolute atomic E-state index is 12.0. The van der Waals surface area contributed by atoms with Crippen LogP contribution >= 0.6 is 0 Å². The highest BCUT2D eigenvalue weighted by Gasteiger charge is 2.28. The van der Waals surface area contributed by atoms with E-state index < -0.39 is 0 Å². The molecule has 0 saturated carbocycles. The molecule has 1 unspecified atom stereocenters. The standard InChI is InChI=1S/C14H16N6O/c1-7-3-8-11-10(4-7)17-5-9(13(16-2)18-6-15)12(11)19-20-14(8)21/h3-4,6,9,17H,5H2,1-2H3,(H,20,21)(H2,15,16,18). The van der Waals surface area contributed by atoms with Crippen molar-refractivity contribution in [1.82, 2.24) is 10.2 Å². The van der Waals surface area contributed by atoms with E-state index >= 15 is 0 Å². The van der Waals surface area contributed by atoms with E-state index in [4.69, 9.17) is 5.73 Å². The number of amidine groups is 1. The van der Waals surface area contributed by atoms with Gasteiger partial charge in [0.2, 0.25) is 0 Å². The molecule has 4 N–H and O–H groups in total. The van der Waals surface area contributed by atoms with E-state index in [-0.39, 0.29) is 11.5 Å². The maximum atomic E-state index is 12.0. The van der Waals surface area contributed by atoms with Crippen LogP contribution in [-0.4, -0.2) is 36.0 Å². The molecule has 0 bridgehead atoms. The molecule has 7 heteroatoms. The van der Waals surface area contributed by atoms with Crippen LogP contribution in [0.5, 0.6) is 0 Å². The molecule has 0 amide bonds. The van der Waals surface area contributed by atoms with Crippen LogP contribution in [0.1, 0.15) is 17.2 Å². The van der Waals surface area contributed by atoms with Gasteiger partial charge >= 0.3 is 0 Å². The number of aromatic nitrogens is 2. The first-order valence-electron chi connectivity index (χ1n) is 6.63. The number of aryl methyl sites for hydroxylation is 1. The Kier molecular flexibility index (Phi) is 3.17. The molecule has 2 heterocycles. The van der Waals surface area contributed by atoms with Crippen LogP contribution in [0.15, 0.2) is 26.9 Å². The molecular weight excluding hydrogens is 268 g/mol. The topological polar surface area (TPSA) is 109 Å². The van der Waals surface area contributed by atoms with Crippen LogP contribution in [0.3, 0.4) is 0 Å². The number of aromatic amines is 1. The first kappa shape index (κ1) is 13.3. The molecule has 7 nitrogen and oxygen atoms in total. The van der Waals surface area contributed by atoms with Gasteiger partial charge in [0.25, 0.3) is 5.56 Å². The van der Waals surface area contributed by atoms with Crippen molar-refractivity contribution in [1.29, 1.82) is 0 Å². The summed E-state index contributed by atoms with van der Waals surface area (Å²) in [6, 6.07) is 3.88. The van der Waals surface area contributed by atoms with Crippen LogP contribution < -0.4 is 16.6 Å². The van der Waals surface area contributed by atoms with Gasteiger partial charge in [-0.3, -0.25) is 9.79 Å². The Morgan fingerprint density at radius 3 is 3.05 bits per heavy atom. The van der Waals surface area contributed by atoms with E-state index in [1.165, 1.54) is 6.34 Å². The Balaban J connectivity index is 2.30. The SMILES string of the molecule is CN=C(N=CN)C1CNc2cc(C)cc3c(=O)[nH]nc1c23. The number of nitrogens with zero attached hydrogens (tertiary/aromatic N) is 3. The van der Waals surface area contributed by atoms with Crippen molar-refractivity contribution >= 4 is 28.6 Å². The maximum Gasteiger partial charge on any atom is 0.272 e. The van der Waals surface area contributed by atoms with Crippen molar-refractivity contribution in [2.75, 3.05) is 18.9 Å². The molecule has 0 saturated heterocycles. The summed E-state index contributed by atoms with van der Waals surface area (Å²) in [6.45, 7) is 2.56. The minimum Gasteiger partial charge on any atom is -0.390 e. The third-order valence-electron chi connectivity index (χ3n) is 3.64. The average Bonchev–Trinajstić information content (AvgIpc) is 2.48. The molecule has 2 aromatic rings. The van der Waals surface area contributed by atoms with Crippen LogP contribution in [0, 0.1) is 6.92 Å². The normalized spacial score (nSPS) is 18.2. The summed E-state index contributed by atoms with van der Waals surface area (Å²) in [4.78, 5) is 20.3. The van der Waals surface area contributed by atoms with Gasteiger partial charge in [0.05, 0.1) is 23.3 Å². The molecule has 0 aliphatic carbocycles. The lowest BCUT2D eigenvalue weighted by molar-refractivity contribution is 0.822. The molecule has 0 radical (unpaired) electrons. The summed E-state index contributed by atoms with van der Waals surface area (Å²) in [5.41, 5.74) is 7.89. The van der Waals surface area contributed by atoms with E-state index in [1.807, 2.05) is 19.1 Å². The van der Waals surface area contributed by atoms with Gasteiger partial charge in [0.15, 0.2) is 0 Å². The molecule has 0 spiro atoms. The quantitative estimate of drug-likeness (QED) is 0.530. The number of benzene rings is 1. The number of aliphatic imine (C=N–C) groups is 2. The average molecular weight is 284 g/mol. The molecule has 21 heavy (non-hydrogen) atoms. The largest absolute Gasteiger partial charge is 0.390 e. The highest BCUT2D eigenvalue weighted by atomic mass is 16.1. The molecule has 1 aliphatic heterocycles. The Morgan fingerprint density at radius 2 is 2.33 bits per heavy atom. The van der Waals surface area contributed by atoms with Crippen LogP contribution in [0.4, 0.5) is 5.69 Å². The molecular formula is C14H16N6O. The van der Waals surface area contributed by atoms with Gasteiger partial charge in [0.1, 0.15) is 5.84 Å². The summed E-state index contributed by atoms with van der Waals surface area (Å²) in [6.07, 6.45) is 1.22. The second kappa shape index (κ2) is 5.01. The fraction of sp³-hybridized carbons (Fsp3) is 0.286. The van der Waals surface area contributed by atoms with Gasteiger partial charge < -0.3 is 11.1 Å². The number of nitrogens with two attached hydrogens (primary N) is 1. The van der Waals surface area contributed by atoms with Crippen molar-refractivity contribution in [3.05, 3.63) is 33.7 Å². The Hall–Kier alpha value is -2.70. The van der Waals surface area contributed by atoms with Gasteiger partial charge in [-0.15, -0.1) is 0 Å².